The van der Waals surface area contributed by atoms with Crippen LogP contribution in [0.2, 0.25) is 0 Å². The minimum absolute atomic E-state index is 0.00412. The van der Waals surface area contributed by atoms with Gasteiger partial charge in [0.1, 0.15) is 16.7 Å². The van der Waals surface area contributed by atoms with Crippen molar-refractivity contribution in [1.82, 2.24) is 9.69 Å². The Balaban J connectivity index is 2.24. The molecular formula is C27H33N5O4S. The monoisotopic (exact) mass is 523 g/mol. The number of nitrogen functional groups attached to an aromatic ring is 1. The zero-order valence-corrected chi connectivity index (χ0v) is 22.5. The molecule has 0 spiro atoms. The van der Waals surface area contributed by atoms with Crippen molar-refractivity contribution in [3.63, 3.8) is 0 Å². The lowest BCUT2D eigenvalue weighted by Crippen LogP contribution is -2.44. The second kappa shape index (κ2) is 11.9. The molecule has 0 bridgehead atoms. The van der Waals surface area contributed by atoms with E-state index in [2.05, 4.69) is 23.5 Å². The van der Waals surface area contributed by atoms with Gasteiger partial charge in [-0.2, -0.15) is 4.37 Å². The summed E-state index contributed by atoms with van der Waals surface area (Å²) in [6.45, 7) is 8.40. The highest BCUT2D eigenvalue weighted by atomic mass is 32.1. The molecule has 0 saturated carbocycles. The van der Waals surface area contributed by atoms with E-state index >= 15 is 0 Å². The molecule has 1 atom stereocenters. The SMILES string of the molecule is COc1ccc(C)cc1N(C(=O)c1snc(C(N)=O)c1N)C(C(=O)NCCC(C)C)c1ccc(C)cc1. The molecule has 3 aromatic rings. The molecule has 1 unspecified atom stereocenters. The summed E-state index contributed by atoms with van der Waals surface area (Å²) in [5, 5.41) is 2.98. The minimum atomic E-state index is -1.06. The van der Waals surface area contributed by atoms with Crippen molar-refractivity contribution in [3.05, 3.63) is 69.7 Å². The first-order chi connectivity index (χ1) is 17.5. The molecule has 1 heterocycles. The van der Waals surface area contributed by atoms with Crippen molar-refractivity contribution in [2.45, 2.75) is 40.2 Å². The summed E-state index contributed by atoms with van der Waals surface area (Å²) in [6.07, 6.45) is 0.776. The fraction of sp³-hybridized carbons (Fsp3) is 0.333. The molecule has 37 heavy (non-hydrogen) atoms. The van der Waals surface area contributed by atoms with Crippen LogP contribution in [0.3, 0.4) is 0 Å². The van der Waals surface area contributed by atoms with E-state index in [0.717, 1.165) is 29.1 Å². The van der Waals surface area contributed by atoms with Gasteiger partial charge in [0, 0.05) is 6.54 Å². The van der Waals surface area contributed by atoms with Gasteiger partial charge >= 0.3 is 0 Å². The van der Waals surface area contributed by atoms with Gasteiger partial charge in [-0.05, 0) is 61.0 Å². The molecule has 10 heteroatoms. The Hall–Kier alpha value is -3.92. The Kier molecular flexibility index (Phi) is 8.88. The number of nitrogens with two attached hydrogens (primary N) is 2. The van der Waals surface area contributed by atoms with E-state index in [-0.39, 0.29) is 22.2 Å². The highest BCUT2D eigenvalue weighted by Crippen LogP contribution is 2.38. The first-order valence-electron chi connectivity index (χ1n) is 11.9. The summed E-state index contributed by atoms with van der Waals surface area (Å²) in [4.78, 5) is 41.1. The lowest BCUT2D eigenvalue weighted by atomic mass is 10.0. The van der Waals surface area contributed by atoms with Gasteiger partial charge in [0.15, 0.2) is 5.69 Å². The van der Waals surface area contributed by atoms with Gasteiger partial charge in [-0.3, -0.25) is 19.3 Å². The number of benzene rings is 2. The van der Waals surface area contributed by atoms with Crippen LogP contribution in [0.25, 0.3) is 0 Å². The lowest BCUT2D eigenvalue weighted by Gasteiger charge is -2.32. The van der Waals surface area contributed by atoms with Gasteiger partial charge in [-0.15, -0.1) is 0 Å². The third kappa shape index (κ3) is 6.26. The van der Waals surface area contributed by atoms with Gasteiger partial charge in [0.2, 0.25) is 5.91 Å². The van der Waals surface area contributed by atoms with Crippen LogP contribution in [0.1, 0.15) is 63.2 Å². The van der Waals surface area contributed by atoms with E-state index in [0.29, 0.717) is 29.5 Å². The number of rotatable bonds is 10. The summed E-state index contributed by atoms with van der Waals surface area (Å²) in [5.74, 6) is -1.02. The lowest BCUT2D eigenvalue weighted by molar-refractivity contribution is -0.122. The molecule has 2 aromatic carbocycles. The molecule has 5 N–H and O–H groups in total. The average molecular weight is 524 g/mol. The van der Waals surface area contributed by atoms with Crippen molar-refractivity contribution in [2.75, 3.05) is 24.3 Å². The second-order valence-electron chi connectivity index (χ2n) is 9.28. The smallest absolute Gasteiger partial charge is 0.273 e. The number of nitrogens with zero attached hydrogens (tertiary/aromatic N) is 2. The predicted octanol–water partition coefficient (Wildman–Crippen LogP) is 4.00. The third-order valence-electron chi connectivity index (χ3n) is 5.89. The van der Waals surface area contributed by atoms with Gasteiger partial charge in [0.25, 0.3) is 11.8 Å². The molecule has 0 saturated heterocycles. The number of aryl methyl sites for hydroxylation is 2. The van der Waals surface area contributed by atoms with Gasteiger partial charge in [-0.1, -0.05) is 49.7 Å². The van der Waals surface area contributed by atoms with Crippen LogP contribution >= 0.6 is 11.5 Å². The summed E-state index contributed by atoms with van der Waals surface area (Å²) >= 11 is 0.762. The maximum absolute atomic E-state index is 14.2. The topological polar surface area (TPSA) is 141 Å². The first-order valence-corrected chi connectivity index (χ1v) is 12.7. The number of aromatic nitrogens is 1. The van der Waals surface area contributed by atoms with E-state index in [9.17, 15) is 14.4 Å². The summed E-state index contributed by atoms with van der Waals surface area (Å²) < 4.78 is 9.59. The van der Waals surface area contributed by atoms with Crippen molar-refractivity contribution in [1.29, 1.82) is 0 Å². The number of primary amides is 1. The number of methoxy groups -OCH3 is 1. The fourth-order valence-corrected chi connectivity index (χ4v) is 4.58. The molecule has 9 nitrogen and oxygen atoms in total. The standard InChI is InChI=1S/C27H33N5O4S/c1-15(2)12-13-30-26(34)23(18-9-6-16(3)7-10-18)32(19-14-17(4)8-11-20(19)36-5)27(35)24-21(28)22(25(29)33)31-37-24/h6-11,14-15,23H,12-13,28H2,1-5H3,(H2,29,33)(H,30,34). The van der Waals surface area contributed by atoms with Crippen LogP contribution in [0.15, 0.2) is 42.5 Å². The highest BCUT2D eigenvalue weighted by molar-refractivity contribution is 7.09. The molecule has 3 amide bonds. The number of nitrogens with one attached hydrogen (secondary N) is 1. The molecule has 0 radical (unpaired) electrons. The zero-order valence-electron chi connectivity index (χ0n) is 21.7. The van der Waals surface area contributed by atoms with E-state index in [1.807, 2.05) is 44.2 Å². The van der Waals surface area contributed by atoms with Crippen LogP contribution in [0.5, 0.6) is 5.75 Å². The average Bonchev–Trinajstić information content (AvgIpc) is 3.24. The first kappa shape index (κ1) is 27.7. The number of hydrogen-bond donors (Lipinski definition) is 3. The Bertz CT molecular complexity index is 1290. The number of hydrogen-bond acceptors (Lipinski definition) is 7. The Morgan fingerprint density at radius 3 is 2.30 bits per heavy atom. The third-order valence-corrected chi connectivity index (χ3v) is 6.74. The van der Waals surface area contributed by atoms with Crippen LogP contribution in [0, 0.1) is 19.8 Å². The quantitative estimate of drug-likeness (QED) is 0.367. The van der Waals surface area contributed by atoms with Crippen molar-refractivity contribution in [2.24, 2.45) is 11.7 Å². The van der Waals surface area contributed by atoms with Crippen molar-refractivity contribution in [3.8, 4) is 5.75 Å². The van der Waals surface area contributed by atoms with E-state index < -0.39 is 17.9 Å². The molecule has 196 valence electrons. The number of anilines is 2. The molecule has 0 aliphatic heterocycles. The largest absolute Gasteiger partial charge is 0.495 e. The highest BCUT2D eigenvalue weighted by Gasteiger charge is 2.37. The number of amides is 3. The van der Waals surface area contributed by atoms with Crippen LogP contribution in [-0.4, -0.2) is 35.7 Å². The molecule has 1 aromatic heterocycles. The summed E-state index contributed by atoms with van der Waals surface area (Å²) in [5.41, 5.74) is 14.1. The fourth-order valence-electron chi connectivity index (χ4n) is 3.84. The maximum Gasteiger partial charge on any atom is 0.273 e. The van der Waals surface area contributed by atoms with Gasteiger partial charge in [-0.25, -0.2) is 0 Å². The number of carbonyl (C=O) groups excluding carboxylic acids is 3. The Morgan fingerprint density at radius 2 is 1.73 bits per heavy atom. The minimum Gasteiger partial charge on any atom is -0.495 e. The number of carbonyl (C=O) groups is 3. The van der Waals surface area contributed by atoms with Gasteiger partial charge in [0.05, 0.1) is 18.5 Å². The Labute approximate surface area is 221 Å². The summed E-state index contributed by atoms with van der Waals surface area (Å²) in [7, 11) is 1.49. The normalized spacial score (nSPS) is 11.7. The van der Waals surface area contributed by atoms with Crippen LogP contribution in [-0.2, 0) is 4.79 Å². The van der Waals surface area contributed by atoms with Crippen molar-refractivity contribution >= 4 is 40.6 Å². The van der Waals surface area contributed by atoms with Crippen molar-refractivity contribution < 1.29 is 19.1 Å². The van der Waals surface area contributed by atoms with E-state index in [1.165, 1.54) is 12.0 Å². The molecular weight excluding hydrogens is 490 g/mol. The van der Waals surface area contributed by atoms with E-state index in [4.69, 9.17) is 16.2 Å². The maximum atomic E-state index is 14.2. The molecule has 0 fully saturated rings. The van der Waals surface area contributed by atoms with E-state index in [1.54, 1.807) is 12.1 Å². The number of ether oxygens (including phenoxy) is 1. The van der Waals surface area contributed by atoms with Crippen LogP contribution < -0.4 is 26.4 Å². The summed E-state index contributed by atoms with van der Waals surface area (Å²) in [6, 6.07) is 11.7. The van der Waals surface area contributed by atoms with Crippen LogP contribution in [0.4, 0.5) is 11.4 Å². The molecule has 0 aliphatic rings. The second-order valence-corrected chi connectivity index (χ2v) is 10.0. The molecule has 0 aliphatic carbocycles. The van der Waals surface area contributed by atoms with Gasteiger partial charge < -0.3 is 21.5 Å². The zero-order chi connectivity index (χ0) is 27.3. The predicted molar refractivity (Wildman–Crippen MR) is 146 cm³/mol. The Morgan fingerprint density at radius 1 is 1.08 bits per heavy atom. The molecule has 3 rings (SSSR count).